The van der Waals surface area contributed by atoms with Crippen molar-refractivity contribution in [1.82, 2.24) is 30.0 Å². The second-order valence-electron chi connectivity index (χ2n) is 11.1. The van der Waals surface area contributed by atoms with E-state index in [1.807, 2.05) is 51.5 Å². The summed E-state index contributed by atoms with van der Waals surface area (Å²) >= 11 is 6.87. The minimum Gasteiger partial charge on any atom is -0.350 e. The van der Waals surface area contributed by atoms with Crippen molar-refractivity contribution in [2.45, 2.75) is 76.7 Å². The van der Waals surface area contributed by atoms with E-state index in [0.717, 1.165) is 64.7 Å². The van der Waals surface area contributed by atoms with Gasteiger partial charge in [0.15, 0.2) is 5.65 Å². The second kappa shape index (κ2) is 8.45. The standard InChI is InChI=1S/C26H31ClN8O/c1-26(2,3)32-22(36)13-34-12-19-20(33-34)7-6-17(23(19)27)18-10-30-25-24(18)29-11-21(31-25)35-15-4-5-16(35)9-14(28)8-15/h6-7,10-12,14-16H,4-5,8-9,13,28H2,1-3H3,(H,30,31)(H,32,36)/t14?,15-,16+. The van der Waals surface area contributed by atoms with Gasteiger partial charge in [0.1, 0.15) is 17.9 Å². The van der Waals surface area contributed by atoms with E-state index >= 15 is 0 Å². The first-order valence-electron chi connectivity index (χ1n) is 12.5. The van der Waals surface area contributed by atoms with Crippen LogP contribution >= 0.6 is 11.6 Å². The van der Waals surface area contributed by atoms with Crippen LogP contribution in [0.2, 0.25) is 5.02 Å². The molecule has 4 aromatic rings. The number of halogens is 1. The van der Waals surface area contributed by atoms with Gasteiger partial charge < -0.3 is 20.9 Å². The van der Waals surface area contributed by atoms with Gasteiger partial charge in [-0.25, -0.2) is 9.97 Å². The van der Waals surface area contributed by atoms with Gasteiger partial charge >= 0.3 is 0 Å². The van der Waals surface area contributed by atoms with Gasteiger partial charge in [-0.2, -0.15) is 5.10 Å². The maximum absolute atomic E-state index is 12.4. The number of H-pyrrole nitrogens is 1. The van der Waals surface area contributed by atoms with E-state index in [2.05, 4.69) is 20.3 Å². The summed E-state index contributed by atoms with van der Waals surface area (Å²) in [7, 11) is 0. The summed E-state index contributed by atoms with van der Waals surface area (Å²) in [5.74, 6) is 0.810. The van der Waals surface area contributed by atoms with Crippen molar-refractivity contribution >= 4 is 45.4 Å². The van der Waals surface area contributed by atoms with E-state index in [1.54, 1.807) is 4.68 Å². The van der Waals surface area contributed by atoms with Gasteiger partial charge in [-0.3, -0.25) is 9.48 Å². The second-order valence-corrected chi connectivity index (χ2v) is 11.5. The predicted octanol–water partition coefficient (Wildman–Crippen LogP) is 4.00. The monoisotopic (exact) mass is 506 g/mol. The van der Waals surface area contributed by atoms with E-state index in [-0.39, 0.29) is 24.0 Å². The summed E-state index contributed by atoms with van der Waals surface area (Å²) in [5.41, 5.74) is 9.93. The summed E-state index contributed by atoms with van der Waals surface area (Å²) in [5, 5.41) is 8.86. The molecule has 6 rings (SSSR count). The Kier molecular flexibility index (Phi) is 5.46. The molecule has 3 atom stereocenters. The highest BCUT2D eigenvalue weighted by atomic mass is 35.5. The number of piperidine rings is 1. The summed E-state index contributed by atoms with van der Waals surface area (Å²) in [6.45, 7) is 5.98. The van der Waals surface area contributed by atoms with Gasteiger partial charge in [0.25, 0.3) is 0 Å². The molecule has 0 radical (unpaired) electrons. The third-order valence-electron chi connectivity index (χ3n) is 7.18. The number of benzene rings is 1. The van der Waals surface area contributed by atoms with E-state index < -0.39 is 0 Å². The molecule has 188 valence electrons. The average Bonchev–Trinajstić information content (AvgIpc) is 3.47. The maximum atomic E-state index is 12.4. The Bertz CT molecular complexity index is 1450. The lowest BCUT2D eigenvalue weighted by Gasteiger charge is -2.38. The number of fused-ring (bicyclic) bond motifs is 4. The molecule has 1 unspecified atom stereocenters. The van der Waals surface area contributed by atoms with E-state index in [0.29, 0.717) is 17.1 Å². The lowest BCUT2D eigenvalue weighted by atomic mass is 9.98. The van der Waals surface area contributed by atoms with Gasteiger partial charge in [-0.15, -0.1) is 0 Å². The zero-order chi connectivity index (χ0) is 25.2. The summed E-state index contributed by atoms with van der Waals surface area (Å²) in [6.07, 6.45) is 9.94. The lowest BCUT2D eigenvalue weighted by Crippen LogP contribution is -2.47. The van der Waals surface area contributed by atoms with E-state index in [4.69, 9.17) is 27.3 Å². The van der Waals surface area contributed by atoms with Crippen LogP contribution in [0.4, 0.5) is 5.82 Å². The van der Waals surface area contributed by atoms with Crippen molar-refractivity contribution < 1.29 is 4.79 Å². The Morgan fingerprint density at radius 3 is 2.69 bits per heavy atom. The first-order valence-corrected chi connectivity index (χ1v) is 12.9. The number of nitrogens with one attached hydrogen (secondary N) is 2. The Morgan fingerprint density at radius 2 is 1.97 bits per heavy atom. The zero-order valence-corrected chi connectivity index (χ0v) is 21.5. The Hall–Kier alpha value is -3.17. The molecule has 2 saturated heterocycles. The Balaban J connectivity index is 1.30. The number of amides is 1. The number of hydrogen-bond donors (Lipinski definition) is 3. The summed E-state index contributed by atoms with van der Waals surface area (Å²) in [4.78, 5) is 27.8. The number of anilines is 1. The van der Waals surface area contributed by atoms with Gasteiger partial charge in [0, 0.05) is 52.6 Å². The largest absolute Gasteiger partial charge is 0.350 e. The molecule has 2 aliphatic heterocycles. The van der Waals surface area contributed by atoms with Crippen LogP contribution < -0.4 is 16.0 Å². The first-order chi connectivity index (χ1) is 17.2. The van der Waals surface area contributed by atoms with Gasteiger partial charge in [-0.1, -0.05) is 17.7 Å². The van der Waals surface area contributed by atoms with Crippen molar-refractivity contribution in [3.05, 3.63) is 35.7 Å². The molecular formula is C26H31ClN8O. The molecule has 10 heteroatoms. The van der Waals surface area contributed by atoms with Crippen LogP contribution in [0.15, 0.2) is 30.7 Å². The molecule has 0 aliphatic carbocycles. The maximum Gasteiger partial charge on any atom is 0.242 e. The highest BCUT2D eigenvalue weighted by Gasteiger charge is 2.40. The number of hydrogen-bond acceptors (Lipinski definition) is 6. The van der Waals surface area contributed by atoms with Crippen molar-refractivity contribution in [3.63, 3.8) is 0 Å². The molecule has 5 heterocycles. The van der Waals surface area contributed by atoms with E-state index in [9.17, 15) is 4.79 Å². The van der Waals surface area contributed by atoms with Gasteiger partial charge in [0.05, 0.1) is 16.7 Å². The third-order valence-corrected chi connectivity index (χ3v) is 7.59. The Labute approximate surface area is 214 Å². The molecule has 0 saturated carbocycles. The summed E-state index contributed by atoms with van der Waals surface area (Å²) in [6, 6.07) is 5.03. The smallest absolute Gasteiger partial charge is 0.242 e. The number of aromatic amines is 1. The average molecular weight is 507 g/mol. The molecule has 2 bridgehead atoms. The minimum absolute atomic E-state index is 0.0986. The van der Waals surface area contributed by atoms with Gasteiger partial charge in [0.2, 0.25) is 5.91 Å². The van der Waals surface area contributed by atoms with E-state index in [1.165, 1.54) is 0 Å². The molecule has 2 fully saturated rings. The quantitative estimate of drug-likeness (QED) is 0.385. The molecule has 9 nitrogen and oxygen atoms in total. The third kappa shape index (κ3) is 4.10. The number of carbonyl (C=O) groups excluding carboxylic acids is 1. The fraction of sp³-hybridized carbons (Fsp3) is 0.462. The first kappa shape index (κ1) is 23.2. The van der Waals surface area contributed by atoms with Crippen LogP contribution in [-0.4, -0.2) is 54.3 Å². The van der Waals surface area contributed by atoms with Crippen LogP contribution in [0.3, 0.4) is 0 Å². The highest BCUT2D eigenvalue weighted by Crippen LogP contribution is 2.40. The van der Waals surface area contributed by atoms with Crippen LogP contribution in [0.25, 0.3) is 33.2 Å². The number of rotatable bonds is 4. The normalized spacial score (nSPS) is 22.0. The van der Waals surface area contributed by atoms with Crippen LogP contribution in [0, 0.1) is 0 Å². The van der Waals surface area contributed by atoms with Gasteiger partial charge in [-0.05, 0) is 52.5 Å². The van der Waals surface area contributed by atoms with Crippen molar-refractivity contribution in [2.75, 3.05) is 4.90 Å². The minimum atomic E-state index is -0.300. The van der Waals surface area contributed by atoms with Crippen LogP contribution in [0.1, 0.15) is 46.5 Å². The molecule has 3 aromatic heterocycles. The molecule has 4 N–H and O–H groups in total. The fourth-order valence-electron chi connectivity index (χ4n) is 5.81. The predicted molar refractivity (Wildman–Crippen MR) is 142 cm³/mol. The van der Waals surface area contributed by atoms with Crippen molar-refractivity contribution in [3.8, 4) is 11.1 Å². The molecule has 2 aliphatic rings. The number of nitrogens with two attached hydrogens (primary N) is 1. The number of carbonyl (C=O) groups is 1. The lowest BCUT2D eigenvalue weighted by molar-refractivity contribution is -0.123. The molecule has 0 spiro atoms. The van der Waals surface area contributed by atoms with Crippen molar-refractivity contribution in [1.29, 1.82) is 0 Å². The number of aromatic nitrogens is 5. The highest BCUT2D eigenvalue weighted by molar-refractivity contribution is 6.38. The summed E-state index contributed by atoms with van der Waals surface area (Å²) < 4.78 is 1.63. The van der Waals surface area contributed by atoms with Crippen LogP contribution in [-0.2, 0) is 11.3 Å². The zero-order valence-electron chi connectivity index (χ0n) is 20.8. The molecule has 36 heavy (non-hydrogen) atoms. The molecule has 1 aromatic carbocycles. The Morgan fingerprint density at radius 1 is 1.22 bits per heavy atom. The molecule has 1 amide bonds. The van der Waals surface area contributed by atoms with Crippen LogP contribution in [0.5, 0.6) is 0 Å². The SMILES string of the molecule is CC(C)(C)NC(=O)Cn1cc2c(Cl)c(-c3c[nH]c4nc(N5[C@@H]6CC[C@H]5CC(N)C6)cnc34)ccc2n1. The number of nitrogens with zero attached hydrogens (tertiary/aromatic N) is 5. The van der Waals surface area contributed by atoms with Crippen molar-refractivity contribution in [2.24, 2.45) is 5.73 Å². The molecular weight excluding hydrogens is 476 g/mol. The topological polar surface area (TPSA) is 118 Å². The fourth-order valence-corrected chi connectivity index (χ4v) is 6.12.